The van der Waals surface area contributed by atoms with Gasteiger partial charge >= 0.3 is 0 Å². The molecule has 29 heavy (non-hydrogen) atoms. The number of ether oxygens (including phenoxy) is 2. The average Bonchev–Trinajstić information content (AvgIpc) is 3.39. The van der Waals surface area contributed by atoms with Crippen molar-refractivity contribution in [1.82, 2.24) is 15.1 Å². The van der Waals surface area contributed by atoms with Gasteiger partial charge in [-0.15, -0.1) is 11.3 Å². The number of hydrogen-bond donors (Lipinski definition) is 0. The first kappa shape index (κ1) is 19.1. The van der Waals surface area contributed by atoms with E-state index in [0.717, 1.165) is 27.4 Å². The van der Waals surface area contributed by atoms with Crippen molar-refractivity contribution in [2.24, 2.45) is 0 Å². The molecule has 7 heteroatoms. The zero-order chi connectivity index (χ0) is 20.2. The first-order chi connectivity index (χ1) is 14.2. The summed E-state index contributed by atoms with van der Waals surface area (Å²) in [5, 5.41) is 7.24. The van der Waals surface area contributed by atoms with Crippen LogP contribution in [0.1, 0.15) is 18.9 Å². The minimum Gasteiger partial charge on any atom is -0.490 e. The second kappa shape index (κ2) is 8.45. The van der Waals surface area contributed by atoms with Gasteiger partial charge in [0.1, 0.15) is 0 Å². The van der Waals surface area contributed by atoms with Gasteiger partial charge in [-0.05, 0) is 39.0 Å². The summed E-state index contributed by atoms with van der Waals surface area (Å²) in [7, 11) is 0. The minimum atomic E-state index is 0.434. The maximum absolute atomic E-state index is 5.68. The Morgan fingerprint density at radius 2 is 1.55 bits per heavy atom. The summed E-state index contributed by atoms with van der Waals surface area (Å²) in [6.07, 6.45) is 0. The number of nitrogens with zero attached hydrogens (tertiary/aromatic N) is 3. The Kier molecular flexibility index (Phi) is 5.57. The highest BCUT2D eigenvalue weighted by Crippen LogP contribution is 2.33. The van der Waals surface area contributed by atoms with E-state index < -0.39 is 0 Å². The van der Waals surface area contributed by atoms with Crippen molar-refractivity contribution in [3.05, 3.63) is 52.9 Å². The molecule has 0 amide bonds. The number of benzene rings is 2. The maximum atomic E-state index is 5.68. The second-order valence-electron chi connectivity index (χ2n) is 6.28. The van der Waals surface area contributed by atoms with Crippen molar-refractivity contribution < 1.29 is 14.0 Å². The van der Waals surface area contributed by atoms with E-state index in [-0.39, 0.29) is 0 Å². The van der Waals surface area contributed by atoms with Crippen LogP contribution in [-0.2, 0) is 0 Å². The molecule has 4 aromatic rings. The summed E-state index contributed by atoms with van der Waals surface area (Å²) in [5.74, 6) is 2.33. The fourth-order valence-corrected chi connectivity index (χ4v) is 3.55. The topological polar surface area (TPSA) is 70.3 Å². The third-order valence-electron chi connectivity index (χ3n) is 4.27. The van der Waals surface area contributed by atoms with E-state index in [1.807, 2.05) is 63.2 Å². The molecule has 0 aliphatic carbocycles. The normalized spacial score (nSPS) is 10.9. The molecule has 0 fully saturated rings. The van der Waals surface area contributed by atoms with Gasteiger partial charge in [-0.2, -0.15) is 4.98 Å². The van der Waals surface area contributed by atoms with E-state index >= 15 is 0 Å². The zero-order valence-corrected chi connectivity index (χ0v) is 17.3. The molecule has 0 N–H and O–H groups in total. The Morgan fingerprint density at radius 3 is 2.24 bits per heavy atom. The lowest BCUT2D eigenvalue weighted by atomic mass is 10.1. The molecule has 0 atom stereocenters. The minimum absolute atomic E-state index is 0.434. The Morgan fingerprint density at radius 1 is 0.862 bits per heavy atom. The van der Waals surface area contributed by atoms with Crippen LogP contribution in [0.15, 0.2) is 52.4 Å². The Hall–Kier alpha value is -3.19. The monoisotopic (exact) mass is 407 g/mol. The van der Waals surface area contributed by atoms with Crippen molar-refractivity contribution in [3.63, 3.8) is 0 Å². The quantitative estimate of drug-likeness (QED) is 0.395. The predicted octanol–water partition coefficient (Wildman–Crippen LogP) is 5.63. The van der Waals surface area contributed by atoms with Gasteiger partial charge in [0, 0.05) is 22.1 Å². The molecule has 0 saturated heterocycles. The SMILES string of the molecule is CCOc1ccc(-c2nc(-c3ccc(-c4csc(C)n4)cc3)no2)cc1OCC. The fourth-order valence-electron chi connectivity index (χ4n) is 2.93. The van der Waals surface area contributed by atoms with Gasteiger partial charge in [0.05, 0.1) is 23.9 Å². The van der Waals surface area contributed by atoms with Gasteiger partial charge in [0.2, 0.25) is 5.82 Å². The first-order valence-electron chi connectivity index (χ1n) is 9.44. The lowest BCUT2D eigenvalue weighted by molar-refractivity contribution is 0.288. The average molecular weight is 407 g/mol. The standard InChI is InChI=1S/C22H21N3O3S/c1-4-26-19-11-10-17(12-20(19)27-5-2)22-24-21(25-28-22)16-8-6-15(7-9-16)18-13-29-14(3)23-18/h6-13H,4-5H2,1-3H3. The van der Waals surface area contributed by atoms with E-state index in [9.17, 15) is 0 Å². The van der Waals surface area contributed by atoms with Crippen LogP contribution in [-0.4, -0.2) is 28.3 Å². The van der Waals surface area contributed by atoms with Gasteiger partial charge in [-0.1, -0.05) is 29.4 Å². The molecule has 0 aliphatic rings. The van der Waals surface area contributed by atoms with Crippen molar-refractivity contribution in [2.75, 3.05) is 13.2 Å². The van der Waals surface area contributed by atoms with Crippen molar-refractivity contribution in [3.8, 4) is 45.6 Å². The molecule has 6 nitrogen and oxygen atoms in total. The second-order valence-corrected chi connectivity index (χ2v) is 7.34. The molecule has 148 valence electrons. The molecule has 0 bridgehead atoms. The van der Waals surface area contributed by atoms with E-state index in [1.165, 1.54) is 0 Å². The third-order valence-corrected chi connectivity index (χ3v) is 5.05. The molecule has 0 aliphatic heterocycles. The van der Waals surface area contributed by atoms with Gasteiger partial charge < -0.3 is 14.0 Å². The molecule has 2 aromatic heterocycles. The van der Waals surface area contributed by atoms with Crippen LogP contribution in [0.5, 0.6) is 11.5 Å². The Bertz CT molecular complexity index is 1100. The van der Waals surface area contributed by atoms with Gasteiger partial charge in [-0.25, -0.2) is 4.98 Å². The highest BCUT2D eigenvalue weighted by Gasteiger charge is 2.14. The molecule has 0 spiro atoms. The smallest absolute Gasteiger partial charge is 0.258 e. The predicted molar refractivity (Wildman–Crippen MR) is 113 cm³/mol. The van der Waals surface area contributed by atoms with Gasteiger partial charge in [0.15, 0.2) is 11.5 Å². The van der Waals surface area contributed by atoms with Gasteiger partial charge in [-0.3, -0.25) is 0 Å². The summed E-state index contributed by atoms with van der Waals surface area (Å²) >= 11 is 1.64. The zero-order valence-electron chi connectivity index (χ0n) is 16.5. The molecular weight excluding hydrogens is 386 g/mol. The van der Waals surface area contributed by atoms with Crippen LogP contribution >= 0.6 is 11.3 Å². The highest BCUT2D eigenvalue weighted by atomic mass is 32.1. The lowest BCUT2D eigenvalue weighted by Gasteiger charge is -2.11. The largest absolute Gasteiger partial charge is 0.490 e. The molecule has 2 aromatic carbocycles. The summed E-state index contributed by atoms with van der Waals surface area (Å²) in [4.78, 5) is 9.06. The Labute approximate surface area is 173 Å². The number of rotatable bonds is 7. The third kappa shape index (κ3) is 4.14. The highest BCUT2D eigenvalue weighted by molar-refractivity contribution is 7.09. The molecular formula is C22H21N3O3S. The summed E-state index contributed by atoms with van der Waals surface area (Å²) in [6.45, 7) is 6.99. The first-order valence-corrected chi connectivity index (χ1v) is 10.3. The summed E-state index contributed by atoms with van der Waals surface area (Å²) in [6, 6.07) is 13.6. The molecule has 0 unspecified atom stereocenters. The number of hydrogen-bond acceptors (Lipinski definition) is 7. The van der Waals surface area contributed by atoms with Crippen molar-refractivity contribution in [2.45, 2.75) is 20.8 Å². The lowest BCUT2D eigenvalue weighted by Crippen LogP contribution is -1.98. The summed E-state index contributed by atoms with van der Waals surface area (Å²) < 4.78 is 16.8. The molecule has 0 radical (unpaired) electrons. The Balaban J connectivity index is 1.59. The maximum Gasteiger partial charge on any atom is 0.258 e. The van der Waals surface area contributed by atoms with E-state index in [1.54, 1.807) is 11.3 Å². The van der Waals surface area contributed by atoms with Gasteiger partial charge in [0.25, 0.3) is 5.89 Å². The molecule has 0 saturated carbocycles. The van der Waals surface area contributed by atoms with Crippen LogP contribution in [0.25, 0.3) is 34.1 Å². The van der Waals surface area contributed by atoms with E-state index in [4.69, 9.17) is 14.0 Å². The van der Waals surface area contributed by atoms with Crippen LogP contribution in [0.4, 0.5) is 0 Å². The summed E-state index contributed by atoms with van der Waals surface area (Å²) in [5.41, 5.74) is 3.71. The van der Waals surface area contributed by atoms with E-state index in [2.05, 4.69) is 20.5 Å². The van der Waals surface area contributed by atoms with Crippen LogP contribution in [0, 0.1) is 6.92 Å². The van der Waals surface area contributed by atoms with Crippen LogP contribution in [0.2, 0.25) is 0 Å². The van der Waals surface area contributed by atoms with Crippen molar-refractivity contribution in [1.29, 1.82) is 0 Å². The van der Waals surface area contributed by atoms with Crippen LogP contribution < -0.4 is 9.47 Å². The molecule has 2 heterocycles. The number of thiazole rings is 1. The number of aryl methyl sites for hydroxylation is 1. The molecule has 4 rings (SSSR count). The fraction of sp³-hybridized carbons (Fsp3) is 0.227. The van der Waals surface area contributed by atoms with E-state index in [0.29, 0.717) is 36.4 Å². The van der Waals surface area contributed by atoms with Crippen LogP contribution in [0.3, 0.4) is 0 Å². The number of aromatic nitrogens is 3. The van der Waals surface area contributed by atoms with Crippen molar-refractivity contribution >= 4 is 11.3 Å².